The van der Waals surface area contributed by atoms with Crippen LogP contribution in [0.15, 0.2) is 48.7 Å². The van der Waals surface area contributed by atoms with Crippen molar-refractivity contribution >= 4 is 0 Å². The minimum atomic E-state index is 0.0925. The summed E-state index contributed by atoms with van der Waals surface area (Å²) in [6, 6.07) is 13.3. The van der Waals surface area contributed by atoms with Gasteiger partial charge in [0.1, 0.15) is 7.05 Å². The van der Waals surface area contributed by atoms with Gasteiger partial charge in [0.15, 0.2) is 11.9 Å². The first-order chi connectivity index (χ1) is 7.75. The number of rotatable bonds is 3. The smallest absolute Gasteiger partial charge is 0.181 e. The number of benzene rings is 1. The molecule has 0 aliphatic carbocycles. The minimum Gasteiger partial charge on any atom is -0.872 e. The van der Waals surface area contributed by atoms with E-state index in [2.05, 4.69) is 10.6 Å². The van der Waals surface area contributed by atoms with E-state index >= 15 is 0 Å². The van der Waals surface area contributed by atoms with E-state index in [0.29, 0.717) is 0 Å². The number of pyridine rings is 1. The molecular weight excluding hydrogens is 198 g/mol. The molecule has 1 aromatic carbocycles. The molecule has 0 saturated carbocycles. The zero-order valence-electron chi connectivity index (χ0n) is 9.39. The van der Waals surface area contributed by atoms with Crippen LogP contribution < -0.4 is 9.67 Å². The molecule has 2 nitrogen and oxygen atoms in total. The van der Waals surface area contributed by atoms with Crippen molar-refractivity contribution in [3.8, 4) is 5.75 Å². The van der Waals surface area contributed by atoms with Crippen molar-refractivity contribution in [1.82, 2.24) is 0 Å². The van der Waals surface area contributed by atoms with Crippen molar-refractivity contribution in [3.05, 3.63) is 59.9 Å². The zero-order chi connectivity index (χ0) is 11.4. The van der Waals surface area contributed by atoms with Crippen LogP contribution in [0.5, 0.6) is 5.75 Å². The third-order valence-electron chi connectivity index (χ3n) is 2.73. The summed E-state index contributed by atoms with van der Waals surface area (Å²) in [4.78, 5) is 0. The summed E-state index contributed by atoms with van der Waals surface area (Å²) in [6.07, 6.45) is 3.91. The second kappa shape index (κ2) is 4.79. The van der Waals surface area contributed by atoms with Crippen LogP contribution in [-0.2, 0) is 19.9 Å². The van der Waals surface area contributed by atoms with Crippen molar-refractivity contribution in [1.29, 1.82) is 0 Å². The molecule has 0 fully saturated rings. The number of aryl methyl sites for hydroxylation is 3. The van der Waals surface area contributed by atoms with E-state index in [1.54, 1.807) is 12.1 Å². The Kier molecular flexibility index (Phi) is 3.20. The maximum atomic E-state index is 11.2. The first kappa shape index (κ1) is 10.7. The normalized spacial score (nSPS) is 10.3. The van der Waals surface area contributed by atoms with Crippen LogP contribution in [0.1, 0.15) is 11.3 Å². The van der Waals surface area contributed by atoms with Crippen molar-refractivity contribution in [2.75, 3.05) is 0 Å². The lowest BCUT2D eigenvalue weighted by Gasteiger charge is -2.07. The van der Waals surface area contributed by atoms with Crippen LogP contribution in [-0.4, -0.2) is 0 Å². The van der Waals surface area contributed by atoms with E-state index in [9.17, 15) is 5.11 Å². The highest BCUT2D eigenvalue weighted by Gasteiger charge is 2.04. The molecule has 0 radical (unpaired) electrons. The Hall–Kier alpha value is -1.83. The molecular formula is C14H15NO. The van der Waals surface area contributed by atoms with Gasteiger partial charge >= 0.3 is 0 Å². The van der Waals surface area contributed by atoms with Gasteiger partial charge in [0.2, 0.25) is 0 Å². The third-order valence-corrected chi connectivity index (χ3v) is 2.73. The second-order valence-electron chi connectivity index (χ2n) is 3.95. The molecule has 1 aromatic heterocycles. The third kappa shape index (κ3) is 2.60. The van der Waals surface area contributed by atoms with Crippen LogP contribution in [0, 0.1) is 0 Å². The lowest BCUT2D eigenvalue weighted by molar-refractivity contribution is -0.679. The van der Waals surface area contributed by atoms with Crippen LogP contribution in [0.3, 0.4) is 0 Å². The van der Waals surface area contributed by atoms with Gasteiger partial charge in [-0.2, -0.15) is 0 Å². The predicted octanol–water partition coefficient (Wildman–Crippen LogP) is 1.37. The summed E-state index contributed by atoms with van der Waals surface area (Å²) in [5.41, 5.74) is 2.38. The highest BCUT2D eigenvalue weighted by Crippen LogP contribution is 2.10. The minimum absolute atomic E-state index is 0.0925. The summed E-state index contributed by atoms with van der Waals surface area (Å²) >= 11 is 0. The van der Waals surface area contributed by atoms with E-state index in [1.165, 1.54) is 5.69 Å². The van der Waals surface area contributed by atoms with E-state index in [1.807, 2.05) is 37.5 Å². The van der Waals surface area contributed by atoms with Crippen molar-refractivity contribution in [3.63, 3.8) is 0 Å². The molecule has 0 atom stereocenters. The number of hydrogen-bond acceptors (Lipinski definition) is 1. The fourth-order valence-corrected chi connectivity index (χ4v) is 1.79. The van der Waals surface area contributed by atoms with Gasteiger partial charge in [0, 0.05) is 18.6 Å². The van der Waals surface area contributed by atoms with Crippen molar-refractivity contribution in [2.24, 2.45) is 7.05 Å². The molecule has 82 valence electrons. The largest absolute Gasteiger partial charge is 0.872 e. The lowest BCUT2D eigenvalue weighted by Crippen LogP contribution is -2.32. The zero-order valence-corrected chi connectivity index (χ0v) is 9.39. The Morgan fingerprint density at radius 1 is 1.06 bits per heavy atom. The number of hydrogen-bond donors (Lipinski definition) is 0. The Labute approximate surface area is 95.8 Å². The summed E-state index contributed by atoms with van der Waals surface area (Å²) in [5.74, 6) is 0.0925. The average Bonchev–Trinajstić information content (AvgIpc) is 2.28. The molecule has 0 N–H and O–H groups in total. The van der Waals surface area contributed by atoms with Crippen molar-refractivity contribution in [2.45, 2.75) is 12.8 Å². The molecule has 16 heavy (non-hydrogen) atoms. The van der Waals surface area contributed by atoms with Gasteiger partial charge in [-0.3, -0.25) is 0 Å². The molecule has 2 heteroatoms. The topological polar surface area (TPSA) is 26.9 Å². The van der Waals surface area contributed by atoms with Crippen molar-refractivity contribution < 1.29 is 9.67 Å². The predicted molar refractivity (Wildman–Crippen MR) is 60.9 cm³/mol. The van der Waals surface area contributed by atoms with E-state index < -0.39 is 0 Å². The number of nitrogens with zero attached hydrogens (tertiary/aromatic N) is 1. The van der Waals surface area contributed by atoms with Gasteiger partial charge in [-0.05, 0) is 12.0 Å². The van der Waals surface area contributed by atoms with Gasteiger partial charge < -0.3 is 5.11 Å². The summed E-state index contributed by atoms with van der Waals surface area (Å²) in [5, 5.41) is 11.2. The highest BCUT2D eigenvalue weighted by molar-refractivity contribution is 5.26. The second-order valence-corrected chi connectivity index (χ2v) is 3.95. The molecule has 0 aliphatic heterocycles. The van der Waals surface area contributed by atoms with Gasteiger partial charge in [0.25, 0.3) is 0 Å². The fourth-order valence-electron chi connectivity index (χ4n) is 1.79. The fraction of sp³-hybridized carbons (Fsp3) is 0.214. The first-order valence-corrected chi connectivity index (χ1v) is 5.45. The van der Waals surface area contributed by atoms with Crippen LogP contribution in [0.4, 0.5) is 0 Å². The van der Waals surface area contributed by atoms with E-state index in [4.69, 9.17) is 0 Å². The SMILES string of the molecule is C[n+]1ccccc1CCc1cccc([O-])c1. The lowest BCUT2D eigenvalue weighted by atomic mass is 10.1. The molecule has 2 aromatic rings. The van der Waals surface area contributed by atoms with Crippen LogP contribution in [0.2, 0.25) is 0 Å². The van der Waals surface area contributed by atoms with Crippen LogP contribution in [0.25, 0.3) is 0 Å². The van der Waals surface area contributed by atoms with Crippen LogP contribution >= 0.6 is 0 Å². The molecule has 0 spiro atoms. The molecule has 0 aliphatic rings. The maximum absolute atomic E-state index is 11.2. The number of aromatic nitrogens is 1. The van der Waals surface area contributed by atoms with Gasteiger partial charge in [0.05, 0.1) is 0 Å². The Balaban J connectivity index is 2.05. The highest BCUT2D eigenvalue weighted by atomic mass is 16.3. The Bertz CT molecular complexity index is 480. The molecule has 0 saturated heterocycles. The monoisotopic (exact) mass is 213 g/mol. The standard InChI is InChI=1S/C14H15NO/c1-15-10-3-2-6-13(15)9-8-12-5-4-7-14(16)11-12/h2-7,10-11H,8-9H2,1H3. The van der Waals surface area contributed by atoms with Gasteiger partial charge in [-0.25, -0.2) is 4.57 Å². The Morgan fingerprint density at radius 2 is 1.94 bits per heavy atom. The quantitative estimate of drug-likeness (QED) is 0.707. The molecule has 0 amide bonds. The molecule has 2 rings (SSSR count). The maximum Gasteiger partial charge on any atom is 0.181 e. The molecule has 0 bridgehead atoms. The molecule has 0 unspecified atom stereocenters. The first-order valence-electron chi connectivity index (χ1n) is 5.45. The summed E-state index contributed by atoms with van der Waals surface area (Å²) in [7, 11) is 2.04. The summed E-state index contributed by atoms with van der Waals surface area (Å²) in [6.45, 7) is 0. The molecule has 1 heterocycles. The van der Waals surface area contributed by atoms with Gasteiger partial charge in [-0.1, -0.05) is 30.3 Å². The average molecular weight is 213 g/mol. The van der Waals surface area contributed by atoms with E-state index in [-0.39, 0.29) is 5.75 Å². The Morgan fingerprint density at radius 3 is 2.69 bits per heavy atom. The van der Waals surface area contributed by atoms with E-state index in [0.717, 1.165) is 18.4 Å². The van der Waals surface area contributed by atoms with Gasteiger partial charge in [-0.15, -0.1) is 5.75 Å². The summed E-state index contributed by atoms with van der Waals surface area (Å²) < 4.78 is 2.11.